The van der Waals surface area contributed by atoms with E-state index in [2.05, 4.69) is 66.2 Å². The van der Waals surface area contributed by atoms with Gasteiger partial charge in [-0.05, 0) is 85.3 Å². The van der Waals surface area contributed by atoms with Gasteiger partial charge in [0.25, 0.3) is 5.91 Å². The predicted molar refractivity (Wildman–Crippen MR) is 146 cm³/mol. The number of piperazine rings is 1. The first kappa shape index (κ1) is 24.1. The number of nitrogens with one attached hydrogen (secondary N) is 1. The van der Waals surface area contributed by atoms with Gasteiger partial charge in [-0.1, -0.05) is 30.3 Å². The SMILES string of the molecule is COc1ccc(CCN2CCN(C(=O)c3ccc(Cc4ccc5[nH]c(C)c(C)c5c4)cc3)CC2)cc1. The molecular formula is C31H35N3O2. The van der Waals surface area contributed by atoms with E-state index in [0.717, 1.165) is 56.9 Å². The zero-order chi connectivity index (χ0) is 25.1. The molecule has 0 bridgehead atoms. The van der Waals surface area contributed by atoms with Crippen molar-refractivity contribution in [1.29, 1.82) is 0 Å². The summed E-state index contributed by atoms with van der Waals surface area (Å²) in [4.78, 5) is 21.0. The Kier molecular flexibility index (Phi) is 7.10. The molecule has 1 amide bonds. The Hall–Kier alpha value is -3.57. The van der Waals surface area contributed by atoms with Gasteiger partial charge in [-0.2, -0.15) is 0 Å². The largest absolute Gasteiger partial charge is 0.497 e. The number of aromatic nitrogens is 1. The fourth-order valence-electron chi connectivity index (χ4n) is 5.06. The molecule has 0 spiro atoms. The molecule has 186 valence electrons. The molecule has 4 aromatic rings. The van der Waals surface area contributed by atoms with Crippen molar-refractivity contribution in [3.05, 3.63) is 100 Å². The normalized spacial score (nSPS) is 14.4. The molecule has 0 saturated carbocycles. The summed E-state index contributed by atoms with van der Waals surface area (Å²) < 4.78 is 5.24. The first-order chi connectivity index (χ1) is 17.5. The van der Waals surface area contributed by atoms with Crippen LogP contribution in [-0.2, 0) is 12.8 Å². The molecule has 0 unspecified atom stereocenters. The first-order valence-corrected chi connectivity index (χ1v) is 12.8. The summed E-state index contributed by atoms with van der Waals surface area (Å²) in [5.41, 5.74) is 8.33. The number of carbonyl (C=O) groups is 1. The Morgan fingerprint density at radius 3 is 2.22 bits per heavy atom. The van der Waals surface area contributed by atoms with Gasteiger partial charge in [-0.3, -0.25) is 9.69 Å². The zero-order valence-electron chi connectivity index (χ0n) is 21.5. The molecule has 1 aliphatic heterocycles. The maximum Gasteiger partial charge on any atom is 0.253 e. The third kappa shape index (κ3) is 5.31. The number of methoxy groups -OCH3 is 1. The number of H-pyrrole nitrogens is 1. The van der Waals surface area contributed by atoms with Gasteiger partial charge in [0.15, 0.2) is 0 Å². The molecule has 3 aromatic carbocycles. The van der Waals surface area contributed by atoms with Crippen LogP contribution in [0.3, 0.4) is 0 Å². The van der Waals surface area contributed by atoms with E-state index in [4.69, 9.17) is 4.74 Å². The van der Waals surface area contributed by atoms with Crippen LogP contribution in [0, 0.1) is 13.8 Å². The number of aryl methyl sites for hydroxylation is 2. The Labute approximate surface area is 213 Å². The smallest absolute Gasteiger partial charge is 0.253 e. The Morgan fingerprint density at radius 2 is 1.53 bits per heavy atom. The lowest BCUT2D eigenvalue weighted by molar-refractivity contribution is 0.0638. The van der Waals surface area contributed by atoms with Gasteiger partial charge in [-0.15, -0.1) is 0 Å². The molecule has 5 nitrogen and oxygen atoms in total. The Morgan fingerprint density at radius 1 is 0.861 bits per heavy atom. The summed E-state index contributed by atoms with van der Waals surface area (Å²) in [6, 6.07) is 23.1. The Balaban J connectivity index is 1.13. The second-order valence-corrected chi connectivity index (χ2v) is 9.86. The molecule has 1 saturated heterocycles. The lowest BCUT2D eigenvalue weighted by Crippen LogP contribution is -2.49. The molecule has 36 heavy (non-hydrogen) atoms. The van der Waals surface area contributed by atoms with Crippen LogP contribution in [0.2, 0.25) is 0 Å². The van der Waals surface area contributed by atoms with Gasteiger partial charge >= 0.3 is 0 Å². The molecule has 1 aromatic heterocycles. The molecule has 0 aliphatic carbocycles. The molecule has 1 aliphatic rings. The highest BCUT2D eigenvalue weighted by Gasteiger charge is 2.22. The van der Waals surface area contributed by atoms with Crippen LogP contribution in [0.15, 0.2) is 66.7 Å². The maximum atomic E-state index is 13.1. The van der Waals surface area contributed by atoms with E-state index in [0.29, 0.717) is 0 Å². The van der Waals surface area contributed by atoms with Crippen molar-refractivity contribution in [3.8, 4) is 5.75 Å². The quantitative estimate of drug-likeness (QED) is 0.385. The van der Waals surface area contributed by atoms with Crippen LogP contribution < -0.4 is 4.74 Å². The molecule has 5 rings (SSSR count). The van der Waals surface area contributed by atoms with Gasteiger partial charge in [0, 0.05) is 54.9 Å². The molecule has 2 heterocycles. The fourth-order valence-corrected chi connectivity index (χ4v) is 5.06. The molecule has 0 atom stereocenters. The number of hydrogen-bond donors (Lipinski definition) is 1. The standard InChI is InChI=1S/C31H35N3O2/c1-22-23(2)32-30-13-8-26(21-29(22)30)20-25-4-9-27(10-5-25)31(35)34-18-16-33(17-19-34)15-14-24-6-11-28(36-3)12-7-24/h4-13,21,32H,14-20H2,1-3H3. The van der Waals surface area contributed by atoms with Crippen molar-refractivity contribution >= 4 is 16.8 Å². The van der Waals surface area contributed by atoms with Gasteiger partial charge in [0.05, 0.1) is 7.11 Å². The highest BCUT2D eigenvalue weighted by molar-refractivity contribution is 5.94. The topological polar surface area (TPSA) is 48.6 Å². The highest BCUT2D eigenvalue weighted by Crippen LogP contribution is 2.24. The minimum absolute atomic E-state index is 0.135. The van der Waals surface area contributed by atoms with Crippen LogP contribution in [0.1, 0.15) is 38.3 Å². The van der Waals surface area contributed by atoms with Crippen LogP contribution in [0.5, 0.6) is 5.75 Å². The molecule has 1 fully saturated rings. The second kappa shape index (κ2) is 10.6. The molecule has 1 N–H and O–H groups in total. The maximum absolute atomic E-state index is 13.1. The number of ether oxygens (including phenoxy) is 1. The number of fused-ring (bicyclic) bond motifs is 1. The van der Waals surface area contributed by atoms with E-state index in [1.807, 2.05) is 29.2 Å². The molecule has 5 heteroatoms. The fraction of sp³-hybridized carbons (Fsp3) is 0.323. The first-order valence-electron chi connectivity index (χ1n) is 12.8. The van der Waals surface area contributed by atoms with E-state index in [1.165, 1.54) is 38.9 Å². The van der Waals surface area contributed by atoms with Crippen LogP contribution in [-0.4, -0.2) is 60.5 Å². The summed E-state index contributed by atoms with van der Waals surface area (Å²) in [5.74, 6) is 1.03. The number of benzene rings is 3. The number of rotatable bonds is 7. The van der Waals surface area contributed by atoms with Crippen LogP contribution in [0.25, 0.3) is 10.9 Å². The molecule has 0 radical (unpaired) electrons. The average molecular weight is 482 g/mol. The second-order valence-electron chi connectivity index (χ2n) is 9.86. The van der Waals surface area contributed by atoms with Crippen LogP contribution >= 0.6 is 0 Å². The minimum atomic E-state index is 0.135. The summed E-state index contributed by atoms with van der Waals surface area (Å²) in [6.07, 6.45) is 1.87. The number of aromatic amines is 1. The lowest BCUT2D eigenvalue weighted by atomic mass is 10.0. The van der Waals surface area contributed by atoms with Crippen molar-refractivity contribution in [2.24, 2.45) is 0 Å². The van der Waals surface area contributed by atoms with E-state index < -0.39 is 0 Å². The Bertz CT molecular complexity index is 1330. The van der Waals surface area contributed by atoms with E-state index in [9.17, 15) is 4.79 Å². The zero-order valence-corrected chi connectivity index (χ0v) is 21.5. The van der Waals surface area contributed by atoms with Crippen molar-refractivity contribution in [2.75, 3.05) is 39.8 Å². The lowest BCUT2D eigenvalue weighted by Gasteiger charge is -2.34. The summed E-state index contributed by atoms with van der Waals surface area (Å²) in [7, 11) is 1.69. The number of amides is 1. The van der Waals surface area contributed by atoms with Gasteiger partial charge in [0.1, 0.15) is 5.75 Å². The summed E-state index contributed by atoms with van der Waals surface area (Å²) in [6.45, 7) is 8.68. The van der Waals surface area contributed by atoms with Crippen LogP contribution in [0.4, 0.5) is 0 Å². The average Bonchev–Trinajstić information content (AvgIpc) is 3.20. The van der Waals surface area contributed by atoms with Crippen molar-refractivity contribution in [1.82, 2.24) is 14.8 Å². The van der Waals surface area contributed by atoms with E-state index in [1.54, 1.807) is 7.11 Å². The van der Waals surface area contributed by atoms with E-state index >= 15 is 0 Å². The predicted octanol–water partition coefficient (Wildman–Crippen LogP) is 5.38. The van der Waals surface area contributed by atoms with Gasteiger partial charge in [-0.25, -0.2) is 0 Å². The highest BCUT2D eigenvalue weighted by atomic mass is 16.5. The summed E-state index contributed by atoms with van der Waals surface area (Å²) in [5, 5.41) is 1.29. The van der Waals surface area contributed by atoms with Crippen molar-refractivity contribution in [3.63, 3.8) is 0 Å². The third-order valence-corrected chi connectivity index (χ3v) is 7.52. The minimum Gasteiger partial charge on any atom is -0.497 e. The van der Waals surface area contributed by atoms with E-state index in [-0.39, 0.29) is 5.91 Å². The molecular weight excluding hydrogens is 446 g/mol. The third-order valence-electron chi connectivity index (χ3n) is 7.52. The van der Waals surface area contributed by atoms with Crippen molar-refractivity contribution in [2.45, 2.75) is 26.7 Å². The summed E-state index contributed by atoms with van der Waals surface area (Å²) >= 11 is 0. The monoisotopic (exact) mass is 481 g/mol. The van der Waals surface area contributed by atoms with Gasteiger partial charge in [0.2, 0.25) is 0 Å². The number of hydrogen-bond acceptors (Lipinski definition) is 3. The number of nitrogens with zero attached hydrogens (tertiary/aromatic N) is 2. The number of carbonyl (C=O) groups excluding carboxylic acids is 1. The van der Waals surface area contributed by atoms with Crippen molar-refractivity contribution < 1.29 is 9.53 Å². The van der Waals surface area contributed by atoms with Gasteiger partial charge < -0.3 is 14.6 Å².